The van der Waals surface area contributed by atoms with Crippen LogP contribution in [0.2, 0.25) is 0 Å². The zero-order valence-corrected chi connectivity index (χ0v) is 15.8. The zero-order chi connectivity index (χ0) is 20.6. The van der Waals surface area contributed by atoms with Crippen molar-refractivity contribution in [1.29, 1.82) is 0 Å². The van der Waals surface area contributed by atoms with Crippen LogP contribution in [0.3, 0.4) is 0 Å². The van der Waals surface area contributed by atoms with Gasteiger partial charge in [0.2, 0.25) is 0 Å². The predicted octanol–water partition coefficient (Wildman–Crippen LogP) is 2.30. The van der Waals surface area contributed by atoms with Gasteiger partial charge in [-0.2, -0.15) is 0 Å². The third-order valence-electron chi connectivity index (χ3n) is 4.95. The van der Waals surface area contributed by atoms with Gasteiger partial charge in [-0.3, -0.25) is 4.79 Å². The molecular formula is C21H22O7. The number of ketones is 1. The number of aromatic hydroxyl groups is 2. The van der Waals surface area contributed by atoms with Crippen molar-refractivity contribution >= 4 is 11.8 Å². The third kappa shape index (κ3) is 3.41. The number of ether oxygens (including phenoxy) is 2. The summed E-state index contributed by atoms with van der Waals surface area (Å²) in [6.45, 7) is 4.76. The van der Waals surface area contributed by atoms with Gasteiger partial charge in [-0.05, 0) is 56.2 Å². The molecule has 0 saturated heterocycles. The first-order chi connectivity index (χ1) is 13.1. The van der Waals surface area contributed by atoms with E-state index in [1.807, 2.05) is 6.92 Å². The molecule has 7 heteroatoms. The normalized spacial score (nSPS) is 26.9. The molecule has 0 fully saturated rings. The number of esters is 1. The van der Waals surface area contributed by atoms with Crippen LogP contribution in [0.25, 0.3) is 0 Å². The lowest BCUT2D eigenvalue weighted by atomic mass is 9.75. The number of fused-ring (bicyclic) bond motifs is 1. The number of hydrogen-bond acceptors (Lipinski definition) is 7. The predicted molar refractivity (Wildman–Crippen MR) is 99.8 cm³/mol. The topological polar surface area (TPSA) is 113 Å². The molecule has 1 aliphatic carbocycles. The number of allylic oxidation sites excluding steroid dienone is 3. The highest BCUT2D eigenvalue weighted by atomic mass is 16.6. The van der Waals surface area contributed by atoms with Crippen molar-refractivity contribution in [3.63, 3.8) is 0 Å². The molecule has 0 saturated carbocycles. The smallest absolute Gasteiger partial charge is 0.342 e. The number of hydrogen-bond donors (Lipinski definition) is 3. The van der Waals surface area contributed by atoms with Gasteiger partial charge in [0.15, 0.2) is 11.4 Å². The Morgan fingerprint density at radius 3 is 2.68 bits per heavy atom. The number of carbonyl (C=O) groups is 2. The SMILES string of the molecule is CC=CC1=CC2=CC(=O)[C@@](C)(O)[C@H](OC(=O)c3c(C)cc(O)cc3O)[C@@H]2CO1. The standard InChI is InChI=1S/C21H22O7/c1-4-5-14-7-12-8-17(24)21(3,26)19(15(12)10-27-14)28-20(25)18-11(2)6-13(22)9-16(18)23/h4-9,15,19,22-23,26H,10H2,1-3H3/t15-,19-,21-/m1/s1. The van der Waals surface area contributed by atoms with Crippen LogP contribution in [-0.4, -0.2) is 45.4 Å². The quantitative estimate of drug-likeness (QED) is 0.683. The molecule has 1 heterocycles. The number of benzene rings is 1. The first kappa shape index (κ1) is 19.7. The molecule has 3 rings (SSSR count). The van der Waals surface area contributed by atoms with Gasteiger partial charge >= 0.3 is 5.97 Å². The first-order valence-electron chi connectivity index (χ1n) is 8.84. The fraction of sp³-hybridized carbons (Fsp3) is 0.333. The van der Waals surface area contributed by atoms with Crippen molar-refractivity contribution < 1.29 is 34.4 Å². The Morgan fingerprint density at radius 2 is 2.04 bits per heavy atom. The number of phenolic OH excluding ortho intramolecular Hbond substituents is 2. The van der Waals surface area contributed by atoms with Gasteiger partial charge in [0.1, 0.15) is 28.9 Å². The second kappa shape index (κ2) is 7.16. The van der Waals surface area contributed by atoms with Crippen LogP contribution < -0.4 is 0 Å². The van der Waals surface area contributed by atoms with Crippen LogP contribution in [0, 0.1) is 12.8 Å². The summed E-state index contributed by atoms with van der Waals surface area (Å²) in [5.41, 5.74) is -1.19. The molecule has 1 aromatic rings. The summed E-state index contributed by atoms with van der Waals surface area (Å²) < 4.78 is 11.1. The van der Waals surface area contributed by atoms with Crippen LogP contribution in [0.5, 0.6) is 11.5 Å². The number of carbonyl (C=O) groups excluding carboxylic acids is 2. The molecule has 0 spiro atoms. The minimum Gasteiger partial charge on any atom is -0.508 e. The molecule has 7 nitrogen and oxygen atoms in total. The molecule has 0 aromatic heterocycles. The van der Waals surface area contributed by atoms with E-state index in [0.717, 1.165) is 6.07 Å². The van der Waals surface area contributed by atoms with Crippen LogP contribution in [0.1, 0.15) is 29.8 Å². The number of aryl methyl sites for hydroxylation is 1. The van der Waals surface area contributed by atoms with E-state index in [9.17, 15) is 24.9 Å². The van der Waals surface area contributed by atoms with E-state index < -0.39 is 35.1 Å². The molecule has 28 heavy (non-hydrogen) atoms. The van der Waals surface area contributed by atoms with E-state index in [1.54, 1.807) is 18.2 Å². The van der Waals surface area contributed by atoms with Crippen molar-refractivity contribution in [2.24, 2.45) is 5.92 Å². The highest BCUT2D eigenvalue weighted by Crippen LogP contribution is 2.38. The van der Waals surface area contributed by atoms with E-state index in [4.69, 9.17) is 9.47 Å². The Labute approximate surface area is 162 Å². The molecular weight excluding hydrogens is 364 g/mol. The summed E-state index contributed by atoms with van der Waals surface area (Å²) in [5.74, 6) is -2.12. The third-order valence-corrected chi connectivity index (χ3v) is 4.95. The van der Waals surface area contributed by atoms with Crippen LogP contribution in [0.15, 0.2) is 47.8 Å². The fourth-order valence-electron chi connectivity index (χ4n) is 3.48. The number of rotatable bonds is 3. The van der Waals surface area contributed by atoms with Crippen LogP contribution >= 0.6 is 0 Å². The number of phenols is 2. The maximum absolute atomic E-state index is 12.7. The van der Waals surface area contributed by atoms with Crippen LogP contribution in [0.4, 0.5) is 0 Å². The Morgan fingerprint density at radius 1 is 1.32 bits per heavy atom. The fourth-order valence-corrected chi connectivity index (χ4v) is 3.48. The Kier molecular flexibility index (Phi) is 5.04. The van der Waals surface area contributed by atoms with Crippen molar-refractivity contribution in [3.05, 3.63) is 58.9 Å². The Bertz CT molecular complexity index is 898. The summed E-state index contributed by atoms with van der Waals surface area (Å²) >= 11 is 0. The summed E-state index contributed by atoms with van der Waals surface area (Å²) in [4.78, 5) is 25.2. The number of aliphatic hydroxyl groups is 1. The molecule has 0 unspecified atom stereocenters. The lowest BCUT2D eigenvalue weighted by Crippen LogP contribution is -2.56. The van der Waals surface area contributed by atoms with Crippen molar-refractivity contribution in [1.82, 2.24) is 0 Å². The van der Waals surface area contributed by atoms with E-state index in [-0.39, 0.29) is 17.9 Å². The summed E-state index contributed by atoms with van der Waals surface area (Å²) in [7, 11) is 0. The van der Waals surface area contributed by atoms with E-state index in [2.05, 4.69) is 0 Å². The molecule has 0 amide bonds. The second-order valence-electron chi connectivity index (χ2n) is 7.10. The molecule has 0 radical (unpaired) electrons. The summed E-state index contributed by atoms with van der Waals surface area (Å²) in [5, 5.41) is 30.3. The molecule has 2 aliphatic rings. The van der Waals surface area contributed by atoms with Crippen molar-refractivity contribution in [2.75, 3.05) is 6.61 Å². The minimum atomic E-state index is -1.94. The summed E-state index contributed by atoms with van der Waals surface area (Å²) in [6, 6.07) is 2.33. The molecule has 3 N–H and O–H groups in total. The minimum absolute atomic E-state index is 0.115. The van der Waals surface area contributed by atoms with Gasteiger partial charge in [0.25, 0.3) is 0 Å². The van der Waals surface area contributed by atoms with Crippen molar-refractivity contribution in [3.8, 4) is 11.5 Å². The van der Waals surface area contributed by atoms with Crippen LogP contribution in [-0.2, 0) is 14.3 Å². The lowest BCUT2D eigenvalue weighted by molar-refractivity contribution is -0.151. The average Bonchev–Trinajstić information content (AvgIpc) is 2.58. The molecule has 3 atom stereocenters. The van der Waals surface area contributed by atoms with E-state index in [1.165, 1.54) is 26.0 Å². The van der Waals surface area contributed by atoms with E-state index in [0.29, 0.717) is 16.9 Å². The summed E-state index contributed by atoms with van der Waals surface area (Å²) in [6.07, 6.45) is 5.34. The Balaban J connectivity index is 1.96. The van der Waals surface area contributed by atoms with E-state index >= 15 is 0 Å². The molecule has 148 valence electrons. The average molecular weight is 386 g/mol. The van der Waals surface area contributed by atoms with Gasteiger partial charge < -0.3 is 24.8 Å². The maximum Gasteiger partial charge on any atom is 0.342 e. The molecule has 1 aromatic carbocycles. The monoisotopic (exact) mass is 386 g/mol. The van der Waals surface area contributed by atoms with Gasteiger partial charge in [-0.15, -0.1) is 0 Å². The maximum atomic E-state index is 12.7. The van der Waals surface area contributed by atoms with Crippen molar-refractivity contribution in [2.45, 2.75) is 32.5 Å². The Hall–Kier alpha value is -3.06. The van der Waals surface area contributed by atoms with Gasteiger partial charge in [-0.25, -0.2) is 4.79 Å². The zero-order valence-electron chi connectivity index (χ0n) is 15.8. The highest BCUT2D eigenvalue weighted by Gasteiger charge is 2.51. The van der Waals surface area contributed by atoms with Gasteiger partial charge in [0.05, 0.1) is 12.5 Å². The second-order valence-corrected chi connectivity index (χ2v) is 7.10. The van der Waals surface area contributed by atoms with Gasteiger partial charge in [0, 0.05) is 6.07 Å². The molecule has 1 aliphatic heterocycles. The lowest BCUT2D eigenvalue weighted by Gasteiger charge is -2.41. The first-order valence-corrected chi connectivity index (χ1v) is 8.84. The molecule has 0 bridgehead atoms. The largest absolute Gasteiger partial charge is 0.508 e. The highest BCUT2D eigenvalue weighted by molar-refractivity contribution is 6.00. The van der Waals surface area contributed by atoms with Gasteiger partial charge in [-0.1, -0.05) is 6.08 Å².